The smallest absolute Gasteiger partial charge is 0.326 e. The van der Waals surface area contributed by atoms with Crippen molar-refractivity contribution < 1.29 is 14.3 Å². The third-order valence-corrected chi connectivity index (χ3v) is 4.65. The van der Waals surface area contributed by atoms with E-state index < -0.39 is 5.54 Å². The van der Waals surface area contributed by atoms with Crippen molar-refractivity contribution in [3.05, 3.63) is 35.9 Å². The lowest BCUT2D eigenvalue weighted by Crippen LogP contribution is -2.66. The van der Waals surface area contributed by atoms with Crippen LogP contribution in [0.15, 0.2) is 30.3 Å². The van der Waals surface area contributed by atoms with Crippen LogP contribution < -0.4 is 5.73 Å². The predicted octanol–water partition coefficient (Wildman–Crippen LogP) is 1.31. The largest absolute Gasteiger partial charge is 0.465 e. The van der Waals surface area contributed by atoms with Gasteiger partial charge in [-0.25, -0.2) is 0 Å². The molecule has 3 rings (SSSR count). The number of nitrogens with zero attached hydrogens (tertiary/aromatic N) is 1. The molecule has 2 fully saturated rings. The molecule has 120 valence electrons. The van der Waals surface area contributed by atoms with Gasteiger partial charge in [0.2, 0.25) is 0 Å². The van der Waals surface area contributed by atoms with Crippen molar-refractivity contribution in [3.63, 3.8) is 0 Å². The van der Waals surface area contributed by atoms with E-state index in [1.165, 1.54) is 5.56 Å². The highest BCUT2D eigenvalue weighted by Gasteiger charge is 2.49. The van der Waals surface area contributed by atoms with E-state index in [-0.39, 0.29) is 18.1 Å². The molecule has 2 N–H and O–H groups in total. The van der Waals surface area contributed by atoms with Gasteiger partial charge in [-0.15, -0.1) is 0 Å². The molecule has 5 nitrogen and oxygen atoms in total. The third kappa shape index (κ3) is 3.02. The van der Waals surface area contributed by atoms with E-state index in [0.29, 0.717) is 32.7 Å². The van der Waals surface area contributed by atoms with Crippen LogP contribution in [0.3, 0.4) is 0 Å². The van der Waals surface area contributed by atoms with Gasteiger partial charge in [-0.05, 0) is 25.3 Å². The molecule has 2 atom stereocenters. The first-order chi connectivity index (χ1) is 10.6. The normalized spacial score (nSPS) is 31.7. The van der Waals surface area contributed by atoms with E-state index >= 15 is 0 Å². The van der Waals surface area contributed by atoms with Crippen LogP contribution in [0.5, 0.6) is 0 Å². The van der Waals surface area contributed by atoms with Gasteiger partial charge in [0.15, 0.2) is 0 Å². The summed E-state index contributed by atoms with van der Waals surface area (Å²) in [6.45, 7) is 4.31. The van der Waals surface area contributed by atoms with E-state index in [1.807, 2.05) is 13.0 Å². The SMILES string of the molecule is CCOC(=O)C1(N)CC2COCC(C1)N2Cc1ccccc1. The molecular formula is C17H24N2O3. The maximum absolute atomic E-state index is 12.2. The first-order valence-corrected chi connectivity index (χ1v) is 7.96. The van der Waals surface area contributed by atoms with Gasteiger partial charge >= 0.3 is 5.97 Å². The number of hydrogen-bond donors (Lipinski definition) is 1. The number of ether oxygens (including phenoxy) is 2. The quantitative estimate of drug-likeness (QED) is 0.850. The summed E-state index contributed by atoms with van der Waals surface area (Å²) in [4.78, 5) is 14.6. The minimum absolute atomic E-state index is 0.169. The average Bonchev–Trinajstić information content (AvgIpc) is 2.50. The molecule has 0 spiro atoms. The number of carbonyl (C=O) groups excluding carboxylic acids is 1. The Hall–Kier alpha value is -1.43. The van der Waals surface area contributed by atoms with Crippen LogP contribution in [0.2, 0.25) is 0 Å². The molecule has 0 aliphatic carbocycles. The van der Waals surface area contributed by atoms with Crippen molar-refractivity contribution in [3.8, 4) is 0 Å². The fourth-order valence-electron chi connectivity index (χ4n) is 3.60. The second-order valence-corrected chi connectivity index (χ2v) is 6.29. The Kier molecular flexibility index (Phi) is 4.47. The fraction of sp³-hybridized carbons (Fsp3) is 0.588. The van der Waals surface area contributed by atoms with Crippen molar-refractivity contribution in [1.29, 1.82) is 0 Å². The number of morpholine rings is 1. The summed E-state index contributed by atoms with van der Waals surface area (Å²) in [6.07, 6.45) is 1.18. The van der Waals surface area contributed by atoms with Gasteiger partial charge in [0.1, 0.15) is 5.54 Å². The molecule has 5 heteroatoms. The summed E-state index contributed by atoms with van der Waals surface area (Å²) in [5.74, 6) is -0.272. The van der Waals surface area contributed by atoms with Crippen molar-refractivity contribution >= 4 is 5.97 Å². The number of nitrogens with two attached hydrogens (primary N) is 1. The molecule has 0 aromatic heterocycles. The zero-order valence-corrected chi connectivity index (χ0v) is 13.0. The lowest BCUT2D eigenvalue weighted by molar-refractivity contribution is -0.160. The molecule has 1 aromatic carbocycles. The third-order valence-electron chi connectivity index (χ3n) is 4.65. The summed E-state index contributed by atoms with van der Waals surface area (Å²) in [7, 11) is 0. The van der Waals surface area contributed by atoms with Crippen LogP contribution in [-0.2, 0) is 20.8 Å². The molecule has 0 radical (unpaired) electrons. The molecule has 2 unspecified atom stereocenters. The molecule has 2 saturated heterocycles. The van der Waals surface area contributed by atoms with E-state index in [1.54, 1.807) is 0 Å². The molecule has 2 bridgehead atoms. The van der Waals surface area contributed by atoms with Crippen LogP contribution in [0.1, 0.15) is 25.3 Å². The fourth-order valence-corrected chi connectivity index (χ4v) is 3.60. The number of rotatable bonds is 4. The molecule has 2 aliphatic rings. The minimum atomic E-state index is -0.873. The van der Waals surface area contributed by atoms with Crippen LogP contribution in [-0.4, -0.2) is 48.3 Å². The standard InChI is InChI=1S/C17H24N2O3/c1-2-22-16(20)17(18)8-14-11-21-12-15(9-17)19(14)10-13-6-4-3-5-7-13/h3-7,14-15H,2,8-12,18H2,1H3. The molecule has 0 saturated carbocycles. The van der Waals surface area contributed by atoms with Crippen LogP contribution in [0.25, 0.3) is 0 Å². The number of esters is 1. The molecule has 2 aliphatic heterocycles. The molecule has 0 amide bonds. The highest BCUT2D eigenvalue weighted by molar-refractivity contribution is 5.81. The Morgan fingerprint density at radius 2 is 1.95 bits per heavy atom. The first kappa shape index (κ1) is 15.5. The van der Waals surface area contributed by atoms with Gasteiger partial charge in [0, 0.05) is 18.6 Å². The monoisotopic (exact) mass is 304 g/mol. The van der Waals surface area contributed by atoms with Gasteiger partial charge in [0.25, 0.3) is 0 Å². The Balaban J connectivity index is 1.75. The maximum Gasteiger partial charge on any atom is 0.326 e. The second kappa shape index (κ2) is 6.36. The van der Waals surface area contributed by atoms with Crippen LogP contribution in [0, 0.1) is 0 Å². The molecule has 1 aromatic rings. The number of fused-ring (bicyclic) bond motifs is 2. The summed E-state index contributed by atoms with van der Waals surface area (Å²) in [5, 5.41) is 0. The highest BCUT2D eigenvalue weighted by atomic mass is 16.5. The Labute approximate surface area is 131 Å². The second-order valence-electron chi connectivity index (χ2n) is 6.29. The van der Waals surface area contributed by atoms with Gasteiger partial charge < -0.3 is 15.2 Å². The lowest BCUT2D eigenvalue weighted by atomic mass is 9.79. The Morgan fingerprint density at radius 1 is 1.32 bits per heavy atom. The molecule has 22 heavy (non-hydrogen) atoms. The Morgan fingerprint density at radius 3 is 2.55 bits per heavy atom. The van der Waals surface area contributed by atoms with Crippen molar-refractivity contribution in [2.24, 2.45) is 5.73 Å². The van der Waals surface area contributed by atoms with Gasteiger partial charge in [-0.3, -0.25) is 9.69 Å². The minimum Gasteiger partial charge on any atom is -0.465 e. The topological polar surface area (TPSA) is 64.8 Å². The number of hydrogen-bond acceptors (Lipinski definition) is 5. The Bertz CT molecular complexity index is 506. The van der Waals surface area contributed by atoms with Crippen LogP contribution >= 0.6 is 0 Å². The zero-order chi connectivity index (χ0) is 15.6. The number of piperidine rings is 1. The van der Waals surface area contributed by atoms with Crippen molar-refractivity contribution in [1.82, 2.24) is 4.90 Å². The summed E-state index contributed by atoms with van der Waals surface area (Å²) < 4.78 is 10.9. The van der Waals surface area contributed by atoms with Crippen molar-refractivity contribution in [2.45, 2.75) is 43.9 Å². The molecule has 2 heterocycles. The summed E-state index contributed by atoms with van der Waals surface area (Å²) in [6, 6.07) is 10.7. The van der Waals surface area contributed by atoms with E-state index in [0.717, 1.165) is 6.54 Å². The summed E-state index contributed by atoms with van der Waals surface area (Å²) in [5.41, 5.74) is 6.78. The zero-order valence-electron chi connectivity index (χ0n) is 13.0. The molecular weight excluding hydrogens is 280 g/mol. The average molecular weight is 304 g/mol. The van der Waals surface area contributed by atoms with Gasteiger partial charge in [-0.1, -0.05) is 30.3 Å². The first-order valence-electron chi connectivity index (χ1n) is 7.96. The van der Waals surface area contributed by atoms with Crippen LogP contribution in [0.4, 0.5) is 0 Å². The summed E-state index contributed by atoms with van der Waals surface area (Å²) >= 11 is 0. The van der Waals surface area contributed by atoms with E-state index in [4.69, 9.17) is 15.2 Å². The maximum atomic E-state index is 12.2. The van der Waals surface area contributed by atoms with E-state index in [9.17, 15) is 4.79 Å². The number of carbonyl (C=O) groups is 1. The number of benzene rings is 1. The van der Waals surface area contributed by atoms with Crippen molar-refractivity contribution in [2.75, 3.05) is 19.8 Å². The van der Waals surface area contributed by atoms with E-state index in [2.05, 4.69) is 29.2 Å². The van der Waals surface area contributed by atoms with Gasteiger partial charge in [-0.2, -0.15) is 0 Å². The van der Waals surface area contributed by atoms with Gasteiger partial charge in [0.05, 0.1) is 19.8 Å². The lowest BCUT2D eigenvalue weighted by Gasteiger charge is -2.51. The highest BCUT2D eigenvalue weighted by Crippen LogP contribution is 2.34. The predicted molar refractivity (Wildman–Crippen MR) is 83.2 cm³/mol.